The highest BCUT2D eigenvalue weighted by atomic mass is 16.5. The lowest BCUT2D eigenvalue weighted by Gasteiger charge is -2.29. The summed E-state index contributed by atoms with van der Waals surface area (Å²) in [7, 11) is 1.68. The van der Waals surface area contributed by atoms with E-state index in [1.165, 1.54) is 5.56 Å². The van der Waals surface area contributed by atoms with Crippen LogP contribution in [0.5, 0.6) is 5.75 Å². The predicted octanol–water partition coefficient (Wildman–Crippen LogP) is 5.78. The Labute approximate surface area is 157 Å². The first kappa shape index (κ1) is 18.5. The lowest BCUT2D eigenvalue weighted by molar-refractivity contribution is 0.239. The van der Waals surface area contributed by atoms with Gasteiger partial charge in [-0.05, 0) is 49.4 Å². The topological polar surface area (TPSA) is 30.8 Å². The second-order valence-electron chi connectivity index (χ2n) is 8.83. The van der Waals surface area contributed by atoms with Crippen LogP contribution in [0.1, 0.15) is 63.8 Å². The van der Waals surface area contributed by atoms with Crippen LogP contribution in [0.4, 0.5) is 0 Å². The smallest absolute Gasteiger partial charge is 0.218 e. The molecule has 138 valence electrons. The molecular formula is C23H29NO2. The molecule has 1 heterocycles. The van der Waals surface area contributed by atoms with E-state index >= 15 is 0 Å². The standard InChI is InChI=1S/C23H29NO2/c1-22(2,3)15-23(4,5)24-21-19-10-8-7-9-18(19)20(26-21)16-11-13-17(25-6)14-12-16/h7-14,20H,15H2,1-6H3. The number of hydrogen-bond acceptors (Lipinski definition) is 3. The maximum Gasteiger partial charge on any atom is 0.218 e. The van der Waals surface area contributed by atoms with Gasteiger partial charge in [-0.15, -0.1) is 0 Å². The van der Waals surface area contributed by atoms with Crippen molar-refractivity contribution >= 4 is 5.90 Å². The third kappa shape index (κ3) is 4.09. The molecule has 3 heteroatoms. The number of hydrogen-bond donors (Lipinski definition) is 0. The molecule has 2 aromatic rings. The van der Waals surface area contributed by atoms with Gasteiger partial charge >= 0.3 is 0 Å². The molecule has 0 aliphatic carbocycles. The zero-order chi connectivity index (χ0) is 18.9. The first-order valence-electron chi connectivity index (χ1n) is 9.18. The third-order valence-corrected chi connectivity index (χ3v) is 4.49. The molecule has 0 amide bonds. The summed E-state index contributed by atoms with van der Waals surface area (Å²) in [4.78, 5) is 5.01. The van der Waals surface area contributed by atoms with Crippen molar-refractivity contribution in [2.24, 2.45) is 10.4 Å². The number of rotatable bonds is 4. The largest absolute Gasteiger partial charge is 0.497 e. The van der Waals surface area contributed by atoms with Gasteiger partial charge in [0.05, 0.1) is 12.6 Å². The van der Waals surface area contributed by atoms with E-state index in [1.807, 2.05) is 18.2 Å². The van der Waals surface area contributed by atoms with Crippen molar-refractivity contribution in [1.82, 2.24) is 0 Å². The lowest BCUT2D eigenvalue weighted by Crippen LogP contribution is -2.26. The Bertz CT molecular complexity index is 798. The summed E-state index contributed by atoms with van der Waals surface area (Å²) in [6, 6.07) is 16.4. The van der Waals surface area contributed by atoms with Crippen LogP contribution >= 0.6 is 0 Å². The molecule has 0 fully saturated rings. The SMILES string of the molecule is COc1ccc(C2OC(=NC(C)(C)CC(C)(C)C)c3ccccc32)cc1. The molecule has 0 aromatic heterocycles. The number of nitrogens with zero attached hydrogens (tertiary/aromatic N) is 1. The minimum absolute atomic E-state index is 0.124. The van der Waals surface area contributed by atoms with E-state index in [0.29, 0.717) is 0 Å². The van der Waals surface area contributed by atoms with E-state index in [1.54, 1.807) is 7.11 Å². The molecule has 2 aromatic carbocycles. The number of fused-ring (bicyclic) bond motifs is 1. The minimum atomic E-state index is -0.185. The highest BCUT2D eigenvalue weighted by Gasteiger charge is 2.33. The second-order valence-corrected chi connectivity index (χ2v) is 8.83. The van der Waals surface area contributed by atoms with Crippen LogP contribution in [0.25, 0.3) is 0 Å². The molecule has 26 heavy (non-hydrogen) atoms. The van der Waals surface area contributed by atoms with Gasteiger partial charge in [-0.3, -0.25) is 0 Å². The Kier molecular flexibility index (Phi) is 4.83. The van der Waals surface area contributed by atoms with Crippen LogP contribution in [0.2, 0.25) is 0 Å². The Hall–Kier alpha value is -2.29. The van der Waals surface area contributed by atoms with E-state index in [-0.39, 0.29) is 17.1 Å². The first-order chi connectivity index (χ1) is 12.2. The number of ether oxygens (including phenoxy) is 2. The van der Waals surface area contributed by atoms with Crippen molar-refractivity contribution in [3.63, 3.8) is 0 Å². The monoisotopic (exact) mass is 351 g/mol. The maximum atomic E-state index is 6.35. The van der Waals surface area contributed by atoms with Crippen molar-refractivity contribution in [2.45, 2.75) is 52.7 Å². The van der Waals surface area contributed by atoms with E-state index in [9.17, 15) is 0 Å². The summed E-state index contributed by atoms with van der Waals surface area (Å²) < 4.78 is 11.6. The molecule has 0 saturated carbocycles. The fraction of sp³-hybridized carbons (Fsp3) is 0.435. The molecule has 1 aliphatic rings. The molecule has 1 atom stereocenters. The maximum absolute atomic E-state index is 6.35. The molecule has 1 unspecified atom stereocenters. The van der Waals surface area contributed by atoms with Gasteiger partial charge in [0.1, 0.15) is 5.75 Å². The molecule has 0 radical (unpaired) electrons. The van der Waals surface area contributed by atoms with Crippen LogP contribution in [0.15, 0.2) is 53.5 Å². The Morgan fingerprint density at radius 2 is 1.62 bits per heavy atom. The Balaban J connectivity index is 1.96. The second kappa shape index (κ2) is 6.79. The van der Waals surface area contributed by atoms with E-state index in [4.69, 9.17) is 14.5 Å². The van der Waals surface area contributed by atoms with Crippen molar-refractivity contribution in [1.29, 1.82) is 0 Å². The van der Waals surface area contributed by atoms with Crippen LogP contribution in [-0.2, 0) is 4.74 Å². The third-order valence-electron chi connectivity index (χ3n) is 4.49. The van der Waals surface area contributed by atoms with E-state index in [2.05, 4.69) is 65.0 Å². The summed E-state index contributed by atoms with van der Waals surface area (Å²) in [5.74, 6) is 1.59. The van der Waals surface area contributed by atoms with Gasteiger partial charge in [-0.1, -0.05) is 51.1 Å². The van der Waals surface area contributed by atoms with Crippen LogP contribution in [0.3, 0.4) is 0 Å². The summed E-state index contributed by atoms with van der Waals surface area (Å²) in [5.41, 5.74) is 3.40. The van der Waals surface area contributed by atoms with Gasteiger partial charge in [0.25, 0.3) is 0 Å². The molecule has 0 bridgehead atoms. The van der Waals surface area contributed by atoms with E-state index < -0.39 is 0 Å². The molecule has 0 saturated heterocycles. The molecule has 3 nitrogen and oxygen atoms in total. The van der Waals surface area contributed by atoms with Gasteiger partial charge in [-0.25, -0.2) is 4.99 Å². The number of methoxy groups -OCH3 is 1. The van der Waals surface area contributed by atoms with Crippen molar-refractivity contribution in [2.75, 3.05) is 7.11 Å². The van der Waals surface area contributed by atoms with Gasteiger partial charge < -0.3 is 9.47 Å². The minimum Gasteiger partial charge on any atom is -0.497 e. The average molecular weight is 351 g/mol. The van der Waals surface area contributed by atoms with Crippen molar-refractivity contribution in [3.05, 3.63) is 65.2 Å². The van der Waals surface area contributed by atoms with Crippen LogP contribution in [-0.4, -0.2) is 18.5 Å². The van der Waals surface area contributed by atoms with Gasteiger partial charge in [0.2, 0.25) is 5.90 Å². The highest BCUT2D eigenvalue weighted by Crippen LogP contribution is 2.38. The quantitative estimate of drug-likeness (QED) is 0.699. The molecular weight excluding hydrogens is 322 g/mol. The molecule has 0 N–H and O–H groups in total. The van der Waals surface area contributed by atoms with Crippen LogP contribution < -0.4 is 4.74 Å². The molecule has 3 rings (SSSR count). The zero-order valence-corrected chi connectivity index (χ0v) is 16.7. The van der Waals surface area contributed by atoms with Gasteiger partial charge in [0.15, 0.2) is 6.10 Å². The molecule has 0 spiro atoms. The van der Waals surface area contributed by atoms with Crippen molar-refractivity contribution in [3.8, 4) is 5.75 Å². The highest BCUT2D eigenvalue weighted by molar-refractivity contribution is 5.99. The summed E-state index contributed by atoms with van der Waals surface area (Å²) in [6.45, 7) is 11.1. The Morgan fingerprint density at radius 1 is 0.962 bits per heavy atom. The number of benzene rings is 2. The average Bonchev–Trinajstić information content (AvgIpc) is 2.91. The zero-order valence-electron chi connectivity index (χ0n) is 16.7. The van der Waals surface area contributed by atoms with Gasteiger partial charge in [-0.2, -0.15) is 0 Å². The first-order valence-corrected chi connectivity index (χ1v) is 9.18. The number of aliphatic imine (C=N–C) groups is 1. The fourth-order valence-corrected chi connectivity index (χ4v) is 3.88. The van der Waals surface area contributed by atoms with E-state index in [0.717, 1.165) is 29.2 Å². The molecule has 1 aliphatic heterocycles. The van der Waals surface area contributed by atoms with Crippen LogP contribution in [0, 0.1) is 5.41 Å². The lowest BCUT2D eigenvalue weighted by atomic mass is 9.82. The normalized spacial score (nSPS) is 18.5. The predicted molar refractivity (Wildman–Crippen MR) is 107 cm³/mol. The van der Waals surface area contributed by atoms with Gasteiger partial charge in [0, 0.05) is 11.1 Å². The fourth-order valence-electron chi connectivity index (χ4n) is 3.88. The summed E-state index contributed by atoms with van der Waals surface area (Å²) in [5, 5.41) is 0. The summed E-state index contributed by atoms with van der Waals surface area (Å²) >= 11 is 0. The van der Waals surface area contributed by atoms with Crippen molar-refractivity contribution < 1.29 is 9.47 Å². The Morgan fingerprint density at radius 3 is 2.23 bits per heavy atom. The summed E-state index contributed by atoms with van der Waals surface area (Å²) in [6.07, 6.45) is 0.865.